The van der Waals surface area contributed by atoms with E-state index >= 15 is 0 Å². The summed E-state index contributed by atoms with van der Waals surface area (Å²) in [4.78, 5) is 22.2. The lowest BCUT2D eigenvalue weighted by molar-refractivity contribution is -0.384. The molecule has 0 fully saturated rings. The van der Waals surface area contributed by atoms with Gasteiger partial charge in [0.2, 0.25) is 0 Å². The van der Waals surface area contributed by atoms with E-state index in [4.69, 9.17) is 4.74 Å². The van der Waals surface area contributed by atoms with Crippen molar-refractivity contribution < 1.29 is 9.66 Å². The number of aromatic amines is 2. The van der Waals surface area contributed by atoms with Gasteiger partial charge in [0, 0.05) is 17.7 Å². The first-order valence-corrected chi connectivity index (χ1v) is 7.20. The number of nitro benzene ring substituents is 1. The summed E-state index contributed by atoms with van der Waals surface area (Å²) in [6.07, 6.45) is 0. The first kappa shape index (κ1) is 16.1. The van der Waals surface area contributed by atoms with Crippen molar-refractivity contribution in [2.24, 2.45) is 10.2 Å². The molecular formula is C16H13N5O4. The Labute approximate surface area is 141 Å². The number of ether oxygens (including phenoxy) is 1. The molecule has 0 bridgehead atoms. The summed E-state index contributed by atoms with van der Waals surface area (Å²) < 4.78 is 5.18. The summed E-state index contributed by atoms with van der Waals surface area (Å²) in [5.41, 5.74) is 1.00. The minimum Gasteiger partial charge on any atom is -0.494 e. The van der Waals surface area contributed by atoms with Gasteiger partial charge in [-0.3, -0.25) is 25.1 Å². The van der Waals surface area contributed by atoms with E-state index in [-0.39, 0.29) is 11.4 Å². The van der Waals surface area contributed by atoms with E-state index in [0.717, 1.165) is 0 Å². The maximum absolute atomic E-state index is 12.0. The van der Waals surface area contributed by atoms with Crippen LogP contribution >= 0.6 is 0 Å². The van der Waals surface area contributed by atoms with Gasteiger partial charge in [-0.2, -0.15) is 0 Å². The summed E-state index contributed by atoms with van der Waals surface area (Å²) in [5, 5.41) is 24.0. The van der Waals surface area contributed by atoms with Crippen molar-refractivity contribution in [2.75, 3.05) is 7.11 Å². The molecule has 9 heteroatoms. The molecule has 0 unspecified atom stereocenters. The largest absolute Gasteiger partial charge is 0.494 e. The van der Waals surface area contributed by atoms with E-state index < -0.39 is 10.5 Å². The Balaban J connectivity index is 1.98. The molecule has 9 nitrogen and oxygen atoms in total. The number of H-pyrrole nitrogens is 2. The molecule has 3 aromatic rings. The zero-order chi connectivity index (χ0) is 17.8. The minimum atomic E-state index is -0.494. The van der Waals surface area contributed by atoms with Crippen LogP contribution < -0.4 is 10.3 Å². The summed E-state index contributed by atoms with van der Waals surface area (Å²) in [5.74, 6) is 0.523. The lowest BCUT2D eigenvalue weighted by atomic mass is 10.1. The number of nitrogens with zero attached hydrogens (tertiary/aromatic N) is 3. The molecule has 0 amide bonds. The predicted molar refractivity (Wildman–Crippen MR) is 90.7 cm³/mol. The highest BCUT2D eigenvalue weighted by Crippen LogP contribution is 2.31. The van der Waals surface area contributed by atoms with Crippen LogP contribution in [-0.2, 0) is 0 Å². The Kier molecular flexibility index (Phi) is 4.38. The SMILES string of the molecule is COc1ccccc1N=Nc1c(-c2ccc([N+](=O)[O-])cc2)[nH][nH]c1=O. The van der Waals surface area contributed by atoms with Crippen LogP contribution in [0, 0.1) is 10.1 Å². The van der Waals surface area contributed by atoms with E-state index in [9.17, 15) is 14.9 Å². The van der Waals surface area contributed by atoms with Crippen LogP contribution in [0.15, 0.2) is 63.6 Å². The van der Waals surface area contributed by atoms with Gasteiger partial charge in [-0.05, 0) is 24.3 Å². The highest BCUT2D eigenvalue weighted by Gasteiger charge is 2.13. The van der Waals surface area contributed by atoms with Crippen molar-refractivity contribution >= 4 is 17.1 Å². The molecule has 3 rings (SSSR count). The van der Waals surface area contributed by atoms with Gasteiger partial charge < -0.3 is 4.74 Å². The summed E-state index contributed by atoms with van der Waals surface area (Å²) in [7, 11) is 1.51. The highest BCUT2D eigenvalue weighted by atomic mass is 16.6. The molecule has 25 heavy (non-hydrogen) atoms. The molecule has 2 aromatic carbocycles. The van der Waals surface area contributed by atoms with Gasteiger partial charge >= 0.3 is 0 Å². The van der Waals surface area contributed by atoms with E-state index in [2.05, 4.69) is 20.4 Å². The minimum absolute atomic E-state index is 0.0427. The van der Waals surface area contributed by atoms with Crippen LogP contribution in [0.3, 0.4) is 0 Å². The average molecular weight is 339 g/mol. The fraction of sp³-hybridized carbons (Fsp3) is 0.0625. The lowest BCUT2D eigenvalue weighted by Crippen LogP contribution is -1.96. The van der Waals surface area contributed by atoms with Gasteiger partial charge in [0.15, 0.2) is 5.69 Å². The first-order valence-electron chi connectivity index (χ1n) is 7.20. The van der Waals surface area contributed by atoms with Gasteiger partial charge in [0.05, 0.1) is 17.7 Å². The number of aromatic nitrogens is 2. The van der Waals surface area contributed by atoms with E-state index in [1.807, 2.05) is 0 Å². The van der Waals surface area contributed by atoms with Crippen LogP contribution in [0.5, 0.6) is 5.75 Å². The predicted octanol–water partition coefficient (Wildman–Crippen LogP) is 3.70. The number of para-hydroxylation sites is 1. The first-order chi connectivity index (χ1) is 12.1. The van der Waals surface area contributed by atoms with Crippen LogP contribution in [0.25, 0.3) is 11.3 Å². The Bertz CT molecular complexity index is 988. The molecule has 0 saturated heterocycles. The quantitative estimate of drug-likeness (QED) is 0.417. The van der Waals surface area contributed by atoms with E-state index in [0.29, 0.717) is 22.7 Å². The fourth-order valence-electron chi connectivity index (χ4n) is 2.22. The topological polar surface area (TPSA) is 126 Å². The lowest BCUT2D eigenvalue weighted by Gasteiger charge is -2.02. The van der Waals surface area contributed by atoms with Gasteiger partial charge in [-0.15, -0.1) is 10.2 Å². The van der Waals surface area contributed by atoms with Crippen LogP contribution in [-0.4, -0.2) is 22.2 Å². The van der Waals surface area contributed by atoms with Crippen molar-refractivity contribution in [1.29, 1.82) is 0 Å². The summed E-state index contributed by atoms with van der Waals surface area (Å²) in [6.45, 7) is 0. The number of nitro groups is 1. The van der Waals surface area contributed by atoms with Crippen LogP contribution in [0.2, 0.25) is 0 Å². The molecule has 2 N–H and O–H groups in total. The molecule has 0 saturated carbocycles. The number of hydrogen-bond donors (Lipinski definition) is 2. The van der Waals surface area contributed by atoms with Crippen molar-refractivity contribution in [1.82, 2.24) is 10.2 Å². The van der Waals surface area contributed by atoms with Crippen molar-refractivity contribution in [3.63, 3.8) is 0 Å². The zero-order valence-corrected chi connectivity index (χ0v) is 13.1. The maximum atomic E-state index is 12.0. The molecule has 0 atom stereocenters. The van der Waals surface area contributed by atoms with Crippen molar-refractivity contribution in [3.05, 3.63) is 69.0 Å². The Hall–Kier alpha value is -3.75. The number of nitrogens with one attached hydrogen (secondary N) is 2. The number of non-ortho nitro benzene ring substituents is 1. The van der Waals surface area contributed by atoms with Crippen molar-refractivity contribution in [3.8, 4) is 17.0 Å². The molecule has 0 aliphatic rings. The average Bonchev–Trinajstić information content (AvgIpc) is 3.00. The van der Waals surface area contributed by atoms with Gasteiger partial charge in [0.25, 0.3) is 11.2 Å². The van der Waals surface area contributed by atoms with Crippen LogP contribution in [0.4, 0.5) is 17.1 Å². The van der Waals surface area contributed by atoms with E-state index in [1.54, 1.807) is 24.3 Å². The smallest absolute Gasteiger partial charge is 0.292 e. The molecular weight excluding hydrogens is 326 g/mol. The Morgan fingerprint density at radius 2 is 1.76 bits per heavy atom. The molecule has 1 heterocycles. The molecule has 0 spiro atoms. The molecule has 126 valence electrons. The summed E-state index contributed by atoms with van der Waals surface area (Å²) in [6, 6.07) is 12.8. The second kappa shape index (κ2) is 6.79. The Morgan fingerprint density at radius 3 is 2.44 bits per heavy atom. The van der Waals surface area contributed by atoms with Gasteiger partial charge in [0.1, 0.15) is 11.4 Å². The molecule has 0 aliphatic carbocycles. The van der Waals surface area contributed by atoms with Gasteiger partial charge in [-0.1, -0.05) is 12.1 Å². The number of azo groups is 1. The number of rotatable bonds is 5. The van der Waals surface area contributed by atoms with E-state index in [1.165, 1.54) is 31.4 Å². The van der Waals surface area contributed by atoms with Crippen molar-refractivity contribution in [2.45, 2.75) is 0 Å². The second-order valence-electron chi connectivity index (χ2n) is 4.98. The summed E-state index contributed by atoms with van der Waals surface area (Å²) >= 11 is 0. The fourth-order valence-corrected chi connectivity index (χ4v) is 2.22. The number of methoxy groups -OCH3 is 1. The maximum Gasteiger partial charge on any atom is 0.292 e. The number of benzene rings is 2. The zero-order valence-electron chi connectivity index (χ0n) is 13.1. The standard InChI is InChI=1S/C16H13N5O4/c1-25-13-5-3-2-4-12(13)17-19-15-14(18-20-16(15)22)10-6-8-11(9-7-10)21(23)24/h2-9H,1H3,(H2,18,20,22). The third-order valence-corrected chi connectivity index (χ3v) is 3.46. The van der Waals surface area contributed by atoms with Gasteiger partial charge in [-0.25, -0.2) is 0 Å². The molecule has 0 aliphatic heterocycles. The third-order valence-electron chi connectivity index (χ3n) is 3.46. The third kappa shape index (κ3) is 3.29. The molecule has 1 aromatic heterocycles. The van der Waals surface area contributed by atoms with Crippen LogP contribution in [0.1, 0.15) is 0 Å². The Morgan fingerprint density at radius 1 is 1.04 bits per heavy atom. The number of hydrogen-bond acceptors (Lipinski definition) is 6. The highest BCUT2D eigenvalue weighted by molar-refractivity contribution is 5.72. The second-order valence-corrected chi connectivity index (χ2v) is 4.98. The molecule has 0 radical (unpaired) electrons. The monoisotopic (exact) mass is 339 g/mol. The normalized spacial score (nSPS) is 10.9.